The van der Waals surface area contributed by atoms with Crippen LogP contribution in [0.1, 0.15) is 41.5 Å². The van der Waals surface area contributed by atoms with E-state index in [-0.39, 0.29) is 5.92 Å². The minimum atomic E-state index is -1.72. The number of hydrogen-bond acceptors (Lipinski definition) is 13. The second-order valence-electron chi connectivity index (χ2n) is 7.86. The number of methoxy groups -OCH3 is 1. The zero-order valence-electron chi connectivity index (χ0n) is 20.6. The van der Waals surface area contributed by atoms with Crippen LogP contribution < -0.4 is 5.32 Å². The molecule has 0 spiro atoms. The molecular formula is C21H31NO13. The number of alkyl carbamates (subject to hydrolysis) is 1. The van der Waals surface area contributed by atoms with E-state index in [4.69, 9.17) is 28.4 Å². The molecule has 1 heterocycles. The Bertz CT molecular complexity index is 811. The molecule has 0 saturated carbocycles. The fourth-order valence-corrected chi connectivity index (χ4v) is 3.17. The lowest BCUT2D eigenvalue weighted by atomic mass is 9.98. The smallest absolute Gasteiger partial charge is 0.410 e. The Kier molecular flexibility index (Phi) is 11.4. The highest BCUT2D eigenvalue weighted by Crippen LogP contribution is 2.30. The summed E-state index contributed by atoms with van der Waals surface area (Å²) in [5.41, 5.74) is 0. The number of ether oxygens (including phenoxy) is 7. The number of nitrogens with one attached hydrogen (secondary N) is 1. The quantitative estimate of drug-likeness (QED) is 0.327. The Morgan fingerprint density at radius 3 is 1.74 bits per heavy atom. The maximum atomic E-state index is 12.6. The lowest BCUT2D eigenvalue weighted by Gasteiger charge is -2.43. The molecule has 1 fully saturated rings. The highest BCUT2D eigenvalue weighted by molar-refractivity contribution is 5.81. The van der Waals surface area contributed by atoms with E-state index in [2.05, 4.69) is 10.1 Å². The molecular weight excluding hydrogens is 474 g/mol. The largest absolute Gasteiger partial charge is 0.467 e. The Balaban J connectivity index is 3.33. The van der Waals surface area contributed by atoms with Gasteiger partial charge in [-0.25, -0.2) is 9.59 Å². The number of hydrogen-bond donors (Lipinski definition) is 1. The fraction of sp³-hybridized carbons (Fsp3) is 0.714. The van der Waals surface area contributed by atoms with Gasteiger partial charge in [0, 0.05) is 27.7 Å². The van der Waals surface area contributed by atoms with Crippen LogP contribution in [0.2, 0.25) is 0 Å². The summed E-state index contributed by atoms with van der Waals surface area (Å²) in [7, 11) is 1.14. The molecule has 14 heteroatoms. The summed E-state index contributed by atoms with van der Waals surface area (Å²) >= 11 is 0. The van der Waals surface area contributed by atoms with Crippen molar-refractivity contribution in [1.29, 1.82) is 0 Å². The average Bonchev–Trinajstić information content (AvgIpc) is 2.73. The van der Waals surface area contributed by atoms with E-state index < -0.39 is 79.3 Å². The van der Waals surface area contributed by atoms with Gasteiger partial charge >= 0.3 is 35.9 Å². The fourth-order valence-electron chi connectivity index (χ4n) is 3.17. The minimum Gasteiger partial charge on any atom is -0.467 e. The van der Waals surface area contributed by atoms with E-state index in [0.717, 1.165) is 34.8 Å². The molecule has 1 amide bonds. The molecule has 0 aromatic heterocycles. The molecule has 6 atom stereocenters. The van der Waals surface area contributed by atoms with Gasteiger partial charge < -0.3 is 38.5 Å². The molecule has 0 aromatic rings. The molecule has 1 rings (SSSR count). The van der Waals surface area contributed by atoms with Crippen molar-refractivity contribution in [1.82, 2.24) is 5.32 Å². The average molecular weight is 505 g/mol. The predicted molar refractivity (Wildman–Crippen MR) is 112 cm³/mol. The van der Waals surface area contributed by atoms with E-state index in [9.17, 15) is 28.8 Å². The SMILES string of the molecule is COC(=O)[C@@H](NC(=O)OC1O[C@H](COC(C)=O)[C@@H](OC(C)=O)[C@H](OC(C)=O)[C@H]1OC(C)=O)C(C)C. The molecule has 1 unspecified atom stereocenters. The Morgan fingerprint density at radius 1 is 0.771 bits per heavy atom. The van der Waals surface area contributed by atoms with Gasteiger partial charge in [-0.3, -0.25) is 19.2 Å². The van der Waals surface area contributed by atoms with Crippen LogP contribution in [0.25, 0.3) is 0 Å². The topological polar surface area (TPSA) is 179 Å². The van der Waals surface area contributed by atoms with E-state index in [1.54, 1.807) is 13.8 Å². The Hall–Kier alpha value is -3.42. The van der Waals surface area contributed by atoms with Crippen LogP contribution in [0.5, 0.6) is 0 Å². The zero-order valence-corrected chi connectivity index (χ0v) is 20.6. The number of carbonyl (C=O) groups excluding carboxylic acids is 6. The van der Waals surface area contributed by atoms with Crippen molar-refractivity contribution in [2.75, 3.05) is 13.7 Å². The van der Waals surface area contributed by atoms with E-state index in [1.807, 2.05) is 0 Å². The summed E-state index contributed by atoms with van der Waals surface area (Å²) in [6.45, 7) is 7.10. The molecule has 1 aliphatic rings. The zero-order chi connectivity index (χ0) is 26.9. The number of esters is 5. The van der Waals surface area contributed by atoms with E-state index in [0.29, 0.717) is 0 Å². The van der Waals surface area contributed by atoms with Gasteiger partial charge in [-0.2, -0.15) is 0 Å². The first kappa shape index (κ1) is 29.6. The second-order valence-corrected chi connectivity index (χ2v) is 7.86. The van der Waals surface area contributed by atoms with Crippen LogP contribution >= 0.6 is 0 Å². The molecule has 1 N–H and O–H groups in total. The Labute approximate surface area is 201 Å². The van der Waals surface area contributed by atoms with Gasteiger partial charge in [-0.1, -0.05) is 13.8 Å². The predicted octanol–water partition coefficient (Wildman–Crippen LogP) is -0.00670. The van der Waals surface area contributed by atoms with Crippen LogP contribution in [0.4, 0.5) is 4.79 Å². The van der Waals surface area contributed by atoms with Crippen LogP contribution in [0, 0.1) is 5.92 Å². The lowest BCUT2D eigenvalue weighted by Crippen LogP contribution is -2.63. The monoisotopic (exact) mass is 505 g/mol. The van der Waals surface area contributed by atoms with Crippen molar-refractivity contribution in [3.8, 4) is 0 Å². The first-order valence-electron chi connectivity index (χ1n) is 10.6. The molecule has 0 radical (unpaired) electrons. The third kappa shape index (κ3) is 9.39. The van der Waals surface area contributed by atoms with Crippen molar-refractivity contribution >= 4 is 35.9 Å². The van der Waals surface area contributed by atoms with Crippen molar-refractivity contribution in [3.05, 3.63) is 0 Å². The summed E-state index contributed by atoms with van der Waals surface area (Å²) in [6, 6.07) is -1.09. The number of rotatable bonds is 9. The second kappa shape index (κ2) is 13.5. The third-order valence-electron chi connectivity index (χ3n) is 4.57. The van der Waals surface area contributed by atoms with E-state index >= 15 is 0 Å². The first-order valence-corrected chi connectivity index (χ1v) is 10.6. The lowest BCUT2D eigenvalue weighted by molar-refractivity contribution is -0.294. The first-order chi connectivity index (χ1) is 16.3. The van der Waals surface area contributed by atoms with Gasteiger partial charge in [0.15, 0.2) is 12.2 Å². The molecule has 1 aliphatic heterocycles. The van der Waals surface area contributed by atoms with Gasteiger partial charge in [-0.15, -0.1) is 0 Å². The molecule has 35 heavy (non-hydrogen) atoms. The molecule has 198 valence electrons. The summed E-state index contributed by atoms with van der Waals surface area (Å²) in [6.07, 6.45) is -8.67. The van der Waals surface area contributed by atoms with Crippen LogP contribution in [-0.2, 0) is 57.1 Å². The third-order valence-corrected chi connectivity index (χ3v) is 4.57. The van der Waals surface area contributed by atoms with Crippen molar-refractivity contribution in [2.45, 2.75) is 78.3 Å². The van der Waals surface area contributed by atoms with Gasteiger partial charge in [0.05, 0.1) is 7.11 Å². The van der Waals surface area contributed by atoms with Gasteiger partial charge in [0.25, 0.3) is 0 Å². The summed E-state index contributed by atoms with van der Waals surface area (Å²) < 4.78 is 36.1. The standard InChI is InChI=1S/C21H31NO13/c1-9(2)15(19(27)29-7)22-21(28)35-20-18(33-13(6)26)17(32-12(5)25)16(31-11(4)24)14(34-20)8-30-10(3)23/h9,14-18,20H,8H2,1-7H3,(H,22,28)/t14-,15+,16-,17+,18-,20?/m1/s1. The molecule has 0 aromatic carbocycles. The van der Waals surface area contributed by atoms with Crippen LogP contribution in [0.3, 0.4) is 0 Å². The van der Waals surface area contributed by atoms with Gasteiger partial charge in [0.1, 0.15) is 18.8 Å². The van der Waals surface area contributed by atoms with Crippen molar-refractivity contribution in [3.63, 3.8) is 0 Å². The minimum absolute atomic E-state index is 0.384. The summed E-state index contributed by atoms with van der Waals surface area (Å²) in [5, 5.41) is 2.32. The number of amides is 1. The normalized spacial score (nSPS) is 24.4. The highest BCUT2D eigenvalue weighted by atomic mass is 16.8. The number of carbonyl (C=O) groups is 6. The maximum absolute atomic E-state index is 12.6. The molecule has 1 saturated heterocycles. The molecule has 14 nitrogen and oxygen atoms in total. The van der Waals surface area contributed by atoms with Crippen molar-refractivity contribution in [2.24, 2.45) is 5.92 Å². The summed E-state index contributed by atoms with van der Waals surface area (Å²) in [5.74, 6) is -4.33. The van der Waals surface area contributed by atoms with E-state index in [1.165, 1.54) is 0 Å². The maximum Gasteiger partial charge on any atom is 0.410 e. The molecule has 0 aliphatic carbocycles. The molecule has 0 bridgehead atoms. The summed E-state index contributed by atoms with van der Waals surface area (Å²) in [4.78, 5) is 71.2. The van der Waals surface area contributed by atoms with Crippen LogP contribution in [-0.4, -0.2) is 86.4 Å². The Morgan fingerprint density at radius 2 is 1.29 bits per heavy atom. The van der Waals surface area contributed by atoms with Gasteiger partial charge in [0.2, 0.25) is 12.4 Å². The van der Waals surface area contributed by atoms with Crippen LogP contribution in [0.15, 0.2) is 0 Å². The highest BCUT2D eigenvalue weighted by Gasteiger charge is 2.54. The van der Waals surface area contributed by atoms with Crippen molar-refractivity contribution < 1.29 is 61.9 Å². The van der Waals surface area contributed by atoms with Gasteiger partial charge in [-0.05, 0) is 5.92 Å².